The number of halogens is 1. The fourth-order valence-electron chi connectivity index (χ4n) is 1.54. The molecule has 1 heterocycles. The Morgan fingerprint density at radius 3 is 2.67 bits per heavy atom. The lowest BCUT2D eigenvalue weighted by Crippen LogP contribution is -2.38. The fourth-order valence-corrected chi connectivity index (χ4v) is 2.46. The predicted molar refractivity (Wildman–Crippen MR) is 80.4 cm³/mol. The first kappa shape index (κ1) is 13.1. The predicted octanol–water partition coefficient (Wildman–Crippen LogP) is 3.41. The van der Waals surface area contributed by atoms with Crippen molar-refractivity contribution in [1.29, 1.82) is 0 Å². The summed E-state index contributed by atoms with van der Waals surface area (Å²) in [6.07, 6.45) is 1.77. The van der Waals surface area contributed by atoms with E-state index >= 15 is 0 Å². The normalized spacial score (nSPS) is 17.3. The lowest BCUT2D eigenvalue weighted by molar-refractivity contribution is 0.839. The molecular formula is C13H14ClN3S. The highest BCUT2D eigenvalue weighted by atomic mass is 35.5. The van der Waals surface area contributed by atoms with Crippen LogP contribution in [0, 0.1) is 0 Å². The van der Waals surface area contributed by atoms with Crippen LogP contribution in [-0.2, 0) is 0 Å². The summed E-state index contributed by atoms with van der Waals surface area (Å²) in [7, 11) is 0. The molecule has 0 fully saturated rings. The lowest BCUT2D eigenvalue weighted by Gasteiger charge is -2.22. The van der Waals surface area contributed by atoms with Gasteiger partial charge in [0.25, 0.3) is 0 Å². The van der Waals surface area contributed by atoms with Crippen LogP contribution in [0.5, 0.6) is 0 Å². The summed E-state index contributed by atoms with van der Waals surface area (Å²) in [6, 6.07) is 7.74. The highest BCUT2D eigenvalue weighted by Crippen LogP contribution is 2.28. The summed E-state index contributed by atoms with van der Waals surface area (Å²) in [5.74, 6) is 0. The number of nitrogens with one attached hydrogen (secondary N) is 2. The Morgan fingerprint density at radius 1 is 1.33 bits per heavy atom. The summed E-state index contributed by atoms with van der Waals surface area (Å²) in [5.41, 5.74) is 8.38. The molecule has 1 aromatic rings. The first-order chi connectivity index (χ1) is 8.70. The zero-order valence-corrected chi connectivity index (χ0v) is 11.6. The maximum atomic E-state index is 5.88. The second-order valence-corrected chi connectivity index (χ2v) is 5.36. The van der Waals surface area contributed by atoms with Gasteiger partial charge in [0.05, 0.1) is 12.2 Å². The van der Waals surface area contributed by atoms with Crippen LogP contribution in [0.25, 0.3) is 5.70 Å². The summed E-state index contributed by atoms with van der Waals surface area (Å²) in [5, 5.41) is 1.59. The van der Waals surface area contributed by atoms with Crippen molar-refractivity contribution in [1.82, 2.24) is 10.9 Å². The Morgan fingerprint density at radius 2 is 2.06 bits per heavy atom. The van der Waals surface area contributed by atoms with E-state index in [0.717, 1.165) is 21.5 Å². The van der Waals surface area contributed by atoms with Gasteiger partial charge in [0, 0.05) is 15.5 Å². The molecule has 0 aromatic heterocycles. The molecule has 0 saturated heterocycles. The average molecular weight is 280 g/mol. The zero-order valence-electron chi connectivity index (χ0n) is 10.0. The Hall–Kier alpha value is -1.39. The topological polar surface area (TPSA) is 36.4 Å². The molecule has 0 spiro atoms. The number of nitrogens with zero attached hydrogens (tertiary/aromatic N) is 1. The molecule has 0 aliphatic carbocycles. The average Bonchev–Trinajstić information content (AvgIpc) is 2.38. The number of aliphatic imine (C=N–C) groups is 1. The van der Waals surface area contributed by atoms with Crippen LogP contribution in [-0.4, -0.2) is 11.7 Å². The standard InChI is InChI=1S/C13H14ClN3S/c1-3-8-15-13-17-16-12(9(2)18-13)10-4-6-11(14)7-5-10/h3-7,16H,1,8H2,2H3,(H,15,17). The number of thioether (sulfide) groups is 1. The monoisotopic (exact) mass is 279 g/mol. The zero-order chi connectivity index (χ0) is 13.0. The van der Waals surface area contributed by atoms with Crippen molar-refractivity contribution >= 4 is 34.2 Å². The molecule has 0 atom stereocenters. The van der Waals surface area contributed by atoms with E-state index in [0.29, 0.717) is 6.54 Å². The van der Waals surface area contributed by atoms with Crippen LogP contribution >= 0.6 is 23.4 Å². The fraction of sp³-hybridized carbons (Fsp3) is 0.154. The molecule has 0 radical (unpaired) electrons. The maximum absolute atomic E-state index is 5.88. The Bertz CT molecular complexity index is 505. The third-order valence-electron chi connectivity index (χ3n) is 2.39. The SMILES string of the molecule is C=CCN=C1NNC(c2ccc(Cl)cc2)=C(C)S1. The first-order valence-corrected chi connectivity index (χ1v) is 6.72. The molecule has 0 unspecified atom stereocenters. The molecule has 18 heavy (non-hydrogen) atoms. The van der Waals surface area contributed by atoms with Crippen LogP contribution in [0.15, 0.2) is 46.8 Å². The summed E-state index contributed by atoms with van der Waals surface area (Å²) in [6.45, 7) is 6.32. The Labute approximate surface area is 116 Å². The molecule has 1 aliphatic heterocycles. The van der Waals surface area contributed by atoms with Gasteiger partial charge < -0.3 is 0 Å². The van der Waals surface area contributed by atoms with E-state index in [1.54, 1.807) is 17.8 Å². The van der Waals surface area contributed by atoms with Crippen molar-refractivity contribution in [3.8, 4) is 0 Å². The van der Waals surface area contributed by atoms with Gasteiger partial charge in [-0.15, -0.1) is 6.58 Å². The molecule has 0 bridgehead atoms. The number of amidine groups is 1. The van der Waals surface area contributed by atoms with Gasteiger partial charge in [0.15, 0.2) is 5.17 Å². The second-order valence-electron chi connectivity index (χ2n) is 3.72. The number of allylic oxidation sites excluding steroid dienone is 1. The molecule has 0 saturated carbocycles. The smallest absolute Gasteiger partial charge is 0.180 e. The van der Waals surface area contributed by atoms with Crippen molar-refractivity contribution in [2.24, 2.45) is 4.99 Å². The van der Waals surface area contributed by atoms with Crippen molar-refractivity contribution in [2.75, 3.05) is 6.54 Å². The Kier molecular flexibility index (Phi) is 4.33. The second kappa shape index (κ2) is 5.98. The number of hydrazine groups is 1. The molecule has 94 valence electrons. The third-order valence-corrected chi connectivity index (χ3v) is 3.58. The van der Waals surface area contributed by atoms with E-state index in [9.17, 15) is 0 Å². The number of hydrogen-bond donors (Lipinski definition) is 2. The molecule has 1 aliphatic rings. The van der Waals surface area contributed by atoms with Gasteiger partial charge in [-0.2, -0.15) is 0 Å². The van der Waals surface area contributed by atoms with E-state index in [1.807, 2.05) is 24.3 Å². The molecule has 1 aromatic carbocycles. The van der Waals surface area contributed by atoms with E-state index in [1.165, 1.54) is 4.91 Å². The molecule has 2 rings (SSSR count). The maximum Gasteiger partial charge on any atom is 0.180 e. The minimum absolute atomic E-state index is 0.612. The lowest BCUT2D eigenvalue weighted by atomic mass is 10.1. The number of hydrogen-bond acceptors (Lipinski definition) is 3. The molecular weight excluding hydrogens is 266 g/mol. The minimum atomic E-state index is 0.612. The molecule has 0 amide bonds. The molecule has 5 heteroatoms. The number of rotatable bonds is 3. The molecule has 2 N–H and O–H groups in total. The van der Waals surface area contributed by atoms with Gasteiger partial charge in [0.1, 0.15) is 0 Å². The van der Waals surface area contributed by atoms with Gasteiger partial charge in [-0.1, -0.05) is 41.6 Å². The van der Waals surface area contributed by atoms with Gasteiger partial charge >= 0.3 is 0 Å². The van der Waals surface area contributed by atoms with Crippen LogP contribution in [0.4, 0.5) is 0 Å². The van der Waals surface area contributed by atoms with Crippen LogP contribution < -0.4 is 10.9 Å². The van der Waals surface area contributed by atoms with Crippen molar-refractivity contribution in [3.05, 3.63) is 52.4 Å². The quantitative estimate of drug-likeness (QED) is 0.833. The van der Waals surface area contributed by atoms with Crippen LogP contribution in [0.3, 0.4) is 0 Å². The number of benzene rings is 1. The van der Waals surface area contributed by atoms with Gasteiger partial charge in [-0.25, -0.2) is 0 Å². The summed E-state index contributed by atoms with van der Waals surface area (Å²) < 4.78 is 0. The summed E-state index contributed by atoms with van der Waals surface area (Å²) in [4.78, 5) is 5.49. The van der Waals surface area contributed by atoms with Crippen LogP contribution in [0.2, 0.25) is 5.02 Å². The van der Waals surface area contributed by atoms with Crippen molar-refractivity contribution < 1.29 is 0 Å². The molecule has 3 nitrogen and oxygen atoms in total. The highest BCUT2D eigenvalue weighted by molar-refractivity contribution is 8.17. The van der Waals surface area contributed by atoms with E-state index < -0.39 is 0 Å². The van der Waals surface area contributed by atoms with Crippen molar-refractivity contribution in [2.45, 2.75) is 6.92 Å². The first-order valence-electron chi connectivity index (χ1n) is 5.52. The van der Waals surface area contributed by atoms with E-state index in [-0.39, 0.29) is 0 Å². The van der Waals surface area contributed by atoms with E-state index in [2.05, 4.69) is 29.3 Å². The summed E-state index contributed by atoms with van der Waals surface area (Å²) >= 11 is 7.49. The van der Waals surface area contributed by atoms with Gasteiger partial charge in [-0.05, 0) is 19.1 Å². The minimum Gasteiger partial charge on any atom is -0.298 e. The Balaban J connectivity index is 2.20. The van der Waals surface area contributed by atoms with Gasteiger partial charge in [-0.3, -0.25) is 15.8 Å². The van der Waals surface area contributed by atoms with Crippen LogP contribution in [0.1, 0.15) is 12.5 Å². The van der Waals surface area contributed by atoms with Gasteiger partial charge in [0.2, 0.25) is 0 Å². The highest BCUT2D eigenvalue weighted by Gasteiger charge is 2.15. The third kappa shape index (κ3) is 3.09. The van der Waals surface area contributed by atoms with E-state index in [4.69, 9.17) is 11.6 Å². The largest absolute Gasteiger partial charge is 0.298 e. The van der Waals surface area contributed by atoms with Crippen molar-refractivity contribution in [3.63, 3.8) is 0 Å².